The van der Waals surface area contributed by atoms with Gasteiger partial charge in [0.25, 0.3) is 0 Å². The van der Waals surface area contributed by atoms with E-state index in [1.807, 2.05) is 20.8 Å². The van der Waals surface area contributed by atoms with Crippen LogP contribution in [0.15, 0.2) is 4.79 Å². The predicted molar refractivity (Wildman–Crippen MR) is 68.5 cm³/mol. The Bertz CT molecular complexity index is 458. The largest absolute Gasteiger partial charge is 0.394 e. The molecule has 0 aromatic carbocycles. The lowest BCUT2D eigenvalue weighted by molar-refractivity contribution is -0.122. The second kappa shape index (κ2) is 6.39. The lowest BCUT2D eigenvalue weighted by atomic mass is 10.2. The molecule has 0 fully saturated rings. The van der Waals surface area contributed by atoms with Crippen LogP contribution in [0.2, 0.25) is 0 Å². The van der Waals surface area contributed by atoms with Crippen molar-refractivity contribution >= 4 is 5.91 Å². The van der Waals surface area contributed by atoms with Crippen molar-refractivity contribution in [3.63, 3.8) is 0 Å². The SMILES string of the molecule is CCC(CO)NC(=O)CCn1c(C)c(C)[nH]c1=O. The molecule has 0 saturated heterocycles. The summed E-state index contributed by atoms with van der Waals surface area (Å²) < 4.78 is 1.55. The van der Waals surface area contributed by atoms with Crippen LogP contribution < -0.4 is 11.0 Å². The fourth-order valence-corrected chi connectivity index (χ4v) is 1.73. The van der Waals surface area contributed by atoms with Gasteiger partial charge in [-0.25, -0.2) is 4.79 Å². The van der Waals surface area contributed by atoms with Crippen molar-refractivity contribution in [2.75, 3.05) is 6.61 Å². The van der Waals surface area contributed by atoms with Crippen LogP contribution in [0.4, 0.5) is 0 Å². The number of aliphatic hydroxyl groups excluding tert-OH is 1. The minimum atomic E-state index is -0.205. The van der Waals surface area contributed by atoms with Crippen LogP contribution in [0, 0.1) is 13.8 Å². The second-order valence-electron chi connectivity index (χ2n) is 4.40. The molecule has 0 aliphatic heterocycles. The number of aryl methyl sites for hydroxylation is 1. The highest BCUT2D eigenvalue weighted by Crippen LogP contribution is 2.01. The summed E-state index contributed by atoms with van der Waals surface area (Å²) in [6.07, 6.45) is 0.916. The molecule has 1 aromatic heterocycles. The van der Waals surface area contributed by atoms with Gasteiger partial charge in [-0.2, -0.15) is 0 Å². The van der Waals surface area contributed by atoms with Gasteiger partial charge in [0.15, 0.2) is 0 Å². The van der Waals surface area contributed by atoms with E-state index in [9.17, 15) is 9.59 Å². The van der Waals surface area contributed by atoms with E-state index in [1.54, 1.807) is 4.57 Å². The average molecular weight is 255 g/mol. The summed E-state index contributed by atoms with van der Waals surface area (Å²) in [5, 5.41) is 11.7. The molecule has 6 nitrogen and oxygen atoms in total. The number of carbonyl (C=O) groups is 1. The molecule has 1 unspecified atom stereocenters. The predicted octanol–water partition coefficient (Wildman–Crippen LogP) is 0.0704. The number of aromatic nitrogens is 2. The summed E-state index contributed by atoms with van der Waals surface area (Å²) in [5.74, 6) is -0.152. The third-order valence-corrected chi connectivity index (χ3v) is 3.13. The maximum Gasteiger partial charge on any atom is 0.325 e. The van der Waals surface area contributed by atoms with Gasteiger partial charge in [0.1, 0.15) is 0 Å². The van der Waals surface area contributed by atoms with Crippen molar-refractivity contribution < 1.29 is 9.90 Å². The summed E-state index contributed by atoms with van der Waals surface area (Å²) in [5.41, 5.74) is 1.48. The molecule has 1 atom stereocenters. The number of nitrogens with one attached hydrogen (secondary N) is 2. The first-order valence-corrected chi connectivity index (χ1v) is 6.15. The fourth-order valence-electron chi connectivity index (χ4n) is 1.73. The smallest absolute Gasteiger partial charge is 0.325 e. The van der Waals surface area contributed by atoms with Gasteiger partial charge in [0.2, 0.25) is 5.91 Å². The summed E-state index contributed by atoms with van der Waals surface area (Å²) in [6, 6.07) is -0.205. The molecule has 6 heteroatoms. The molecule has 3 N–H and O–H groups in total. The number of hydrogen-bond acceptors (Lipinski definition) is 3. The summed E-state index contributed by atoms with van der Waals surface area (Å²) in [7, 11) is 0. The van der Waals surface area contributed by atoms with Gasteiger partial charge in [-0.05, 0) is 20.3 Å². The van der Waals surface area contributed by atoms with Crippen LogP contribution in [0.25, 0.3) is 0 Å². The van der Waals surface area contributed by atoms with Crippen molar-refractivity contribution in [2.24, 2.45) is 0 Å². The first-order chi connectivity index (χ1) is 8.49. The monoisotopic (exact) mass is 255 g/mol. The third-order valence-electron chi connectivity index (χ3n) is 3.13. The van der Waals surface area contributed by atoms with E-state index in [4.69, 9.17) is 5.11 Å². The number of aliphatic hydroxyl groups is 1. The minimum Gasteiger partial charge on any atom is -0.394 e. The Balaban J connectivity index is 2.55. The Morgan fingerprint density at radius 1 is 1.50 bits per heavy atom. The number of nitrogens with zero attached hydrogens (tertiary/aromatic N) is 1. The highest BCUT2D eigenvalue weighted by atomic mass is 16.3. The Kier molecular flexibility index (Phi) is 5.15. The van der Waals surface area contributed by atoms with E-state index in [0.29, 0.717) is 13.0 Å². The lowest BCUT2D eigenvalue weighted by Gasteiger charge is -2.14. The number of rotatable bonds is 6. The van der Waals surface area contributed by atoms with Crippen molar-refractivity contribution in [3.8, 4) is 0 Å². The molecule has 1 heterocycles. The first-order valence-electron chi connectivity index (χ1n) is 6.15. The van der Waals surface area contributed by atoms with Gasteiger partial charge < -0.3 is 15.4 Å². The normalized spacial score (nSPS) is 12.4. The van der Waals surface area contributed by atoms with Crippen molar-refractivity contribution in [1.82, 2.24) is 14.9 Å². The molecule has 1 aromatic rings. The highest BCUT2D eigenvalue weighted by molar-refractivity contribution is 5.76. The van der Waals surface area contributed by atoms with Gasteiger partial charge in [-0.1, -0.05) is 6.92 Å². The number of H-pyrrole nitrogens is 1. The Morgan fingerprint density at radius 2 is 2.17 bits per heavy atom. The van der Waals surface area contributed by atoms with Gasteiger partial charge >= 0.3 is 5.69 Å². The Labute approximate surface area is 106 Å². The van der Waals surface area contributed by atoms with E-state index in [1.165, 1.54) is 0 Å². The number of carbonyl (C=O) groups excluding carboxylic acids is 1. The fraction of sp³-hybridized carbons (Fsp3) is 0.667. The minimum absolute atomic E-state index is 0.0650. The van der Waals surface area contributed by atoms with E-state index >= 15 is 0 Å². The molecule has 1 amide bonds. The average Bonchev–Trinajstić information content (AvgIpc) is 2.58. The molecule has 102 valence electrons. The number of imidazole rings is 1. The number of aromatic amines is 1. The molecule has 1 rings (SSSR count). The molecule has 0 aliphatic carbocycles. The first kappa shape index (κ1) is 14.5. The van der Waals surface area contributed by atoms with Crippen molar-refractivity contribution in [1.29, 1.82) is 0 Å². The molecular weight excluding hydrogens is 234 g/mol. The van der Waals surface area contributed by atoms with E-state index in [2.05, 4.69) is 10.3 Å². The van der Waals surface area contributed by atoms with Crippen molar-refractivity contribution in [2.45, 2.75) is 46.2 Å². The molecule has 18 heavy (non-hydrogen) atoms. The van der Waals surface area contributed by atoms with E-state index in [0.717, 1.165) is 11.4 Å². The van der Waals surface area contributed by atoms with Crippen LogP contribution in [0.5, 0.6) is 0 Å². The zero-order valence-corrected chi connectivity index (χ0v) is 11.1. The van der Waals surface area contributed by atoms with Gasteiger partial charge in [-0.3, -0.25) is 9.36 Å². The zero-order valence-electron chi connectivity index (χ0n) is 11.1. The zero-order chi connectivity index (χ0) is 13.7. The molecule has 0 aliphatic rings. The van der Waals surface area contributed by atoms with E-state index < -0.39 is 0 Å². The van der Waals surface area contributed by atoms with Crippen LogP contribution in [-0.2, 0) is 11.3 Å². The summed E-state index contributed by atoms with van der Waals surface area (Å²) in [4.78, 5) is 25.9. The molecule has 0 saturated carbocycles. The maximum atomic E-state index is 11.6. The van der Waals surface area contributed by atoms with Crippen LogP contribution in [0.1, 0.15) is 31.2 Å². The third kappa shape index (κ3) is 3.46. The Morgan fingerprint density at radius 3 is 2.61 bits per heavy atom. The summed E-state index contributed by atoms with van der Waals surface area (Å²) >= 11 is 0. The summed E-state index contributed by atoms with van der Waals surface area (Å²) in [6.45, 7) is 5.85. The Hall–Kier alpha value is -1.56. The lowest BCUT2D eigenvalue weighted by Crippen LogP contribution is -2.37. The second-order valence-corrected chi connectivity index (χ2v) is 4.40. The van der Waals surface area contributed by atoms with Gasteiger partial charge in [0, 0.05) is 24.4 Å². The van der Waals surface area contributed by atoms with Crippen molar-refractivity contribution in [3.05, 3.63) is 21.9 Å². The van der Waals surface area contributed by atoms with Crippen LogP contribution in [0.3, 0.4) is 0 Å². The molecule has 0 bridgehead atoms. The van der Waals surface area contributed by atoms with Gasteiger partial charge in [-0.15, -0.1) is 0 Å². The maximum absolute atomic E-state index is 11.6. The molecular formula is C12H21N3O3. The van der Waals surface area contributed by atoms with Gasteiger partial charge in [0.05, 0.1) is 12.6 Å². The number of hydrogen-bond donors (Lipinski definition) is 3. The van der Waals surface area contributed by atoms with E-state index in [-0.39, 0.29) is 30.7 Å². The highest BCUT2D eigenvalue weighted by Gasteiger charge is 2.11. The molecule has 0 radical (unpaired) electrons. The molecule has 0 spiro atoms. The standard InChI is InChI=1S/C12H21N3O3/c1-4-10(7-16)14-11(17)5-6-15-9(3)8(2)13-12(15)18/h10,16H,4-7H2,1-3H3,(H,13,18)(H,14,17). The van der Waals surface area contributed by atoms with Crippen LogP contribution in [-0.4, -0.2) is 33.2 Å². The topological polar surface area (TPSA) is 87.1 Å². The van der Waals surface area contributed by atoms with Crippen LogP contribution >= 0.6 is 0 Å². The quantitative estimate of drug-likeness (QED) is 0.672. The number of amides is 1.